The maximum Gasteiger partial charge on any atom is 0 e. The summed E-state index contributed by atoms with van der Waals surface area (Å²) in [6.07, 6.45) is 0. The predicted octanol–water partition coefficient (Wildman–Crippen LogP) is -0.386. The van der Waals surface area contributed by atoms with Crippen LogP contribution in [0.2, 0.25) is 0 Å². The molecule has 0 aromatic heterocycles. The topological polar surface area (TPSA) is 0 Å². The van der Waals surface area contributed by atoms with E-state index in [1.165, 1.54) is 0 Å². The predicted molar refractivity (Wildman–Crippen MR) is 5.75 cm³/mol. The van der Waals surface area contributed by atoms with Gasteiger partial charge in [-0.1, -0.05) is 0 Å². The molecule has 0 bridgehead atoms. The van der Waals surface area contributed by atoms with Crippen LogP contribution in [0.25, 0.3) is 0 Å². The van der Waals surface area contributed by atoms with Crippen LogP contribution < -0.4 is 0 Å². The first-order valence-electron chi connectivity index (χ1n) is 0. The van der Waals surface area contributed by atoms with Gasteiger partial charge in [0.2, 0.25) is 0 Å². The van der Waals surface area contributed by atoms with Gasteiger partial charge in [-0.05, 0) is 0 Å². The summed E-state index contributed by atoms with van der Waals surface area (Å²) in [5, 5.41) is 0. The van der Waals surface area contributed by atoms with Crippen LogP contribution >= 0.6 is 0 Å². The van der Waals surface area contributed by atoms with Gasteiger partial charge in [-0.3, -0.25) is 0 Å². The van der Waals surface area contributed by atoms with Crippen molar-refractivity contribution in [3.05, 3.63) is 0 Å². The Hall–Kier alpha value is 3.03. The van der Waals surface area contributed by atoms with Crippen LogP contribution in [0.4, 0.5) is 0 Å². The molecule has 0 spiro atoms. The maximum absolute atomic E-state index is 0. The first-order valence-corrected chi connectivity index (χ1v) is 0. The first kappa shape index (κ1) is 27.9. The SMILES string of the molecule is [Cu].[Fe].[Ga].[Nd]. The van der Waals surface area contributed by atoms with Gasteiger partial charge in [0.15, 0.2) is 0 Å². The van der Waals surface area contributed by atoms with Gasteiger partial charge >= 0.3 is 0 Å². The van der Waals surface area contributed by atoms with Crippen molar-refractivity contribution in [2.24, 2.45) is 0 Å². The van der Waals surface area contributed by atoms with Gasteiger partial charge in [-0.25, -0.2) is 0 Å². The molecule has 0 heterocycles. The minimum absolute atomic E-state index is 0. The summed E-state index contributed by atoms with van der Waals surface area (Å²) < 4.78 is 0. The Labute approximate surface area is 92.8 Å². The van der Waals surface area contributed by atoms with Gasteiger partial charge in [0, 0.05) is 94.8 Å². The average Bonchev–Trinajstić information content (AvgIpc) is 0. The fourth-order valence-corrected chi connectivity index (χ4v) is 0. The second-order valence-corrected chi connectivity index (χ2v) is 0. The van der Waals surface area contributed by atoms with Crippen LogP contribution in [-0.2, 0) is 34.1 Å². The molecule has 4 heteroatoms. The smallest absolute Gasteiger partial charge is 0 e. The molecule has 0 nitrogen and oxygen atoms in total. The molecule has 4 heavy (non-hydrogen) atoms. The molecular formula is CuFeGaNd. The fraction of sp³-hybridized carbons (Fsp3) is 0. The number of hydrogen-bond acceptors (Lipinski definition) is 0. The second-order valence-electron chi connectivity index (χ2n) is 0. The summed E-state index contributed by atoms with van der Waals surface area (Å²) >= 11 is 0. The Morgan fingerprint density at radius 2 is 1.00 bits per heavy atom. The van der Waals surface area contributed by atoms with Gasteiger partial charge in [0.1, 0.15) is 0 Å². The van der Waals surface area contributed by atoms with E-state index in [4.69, 9.17) is 0 Å². The van der Waals surface area contributed by atoms with E-state index < -0.39 is 0 Å². The monoisotopic (exact) mass is 330 g/mol. The van der Waals surface area contributed by atoms with Crippen molar-refractivity contribution >= 4 is 19.8 Å². The van der Waals surface area contributed by atoms with E-state index in [-0.39, 0.29) is 94.8 Å². The first-order chi connectivity index (χ1) is 0. The Kier molecular flexibility index (Phi) is 116. The van der Waals surface area contributed by atoms with Gasteiger partial charge in [-0.15, -0.1) is 0 Å². The molecular weight excluding hydrogens is 333 g/mol. The molecule has 26 valence electrons. The molecule has 0 aliphatic rings. The van der Waals surface area contributed by atoms with Crippen molar-refractivity contribution < 1.29 is 75.0 Å². The van der Waals surface area contributed by atoms with Crippen molar-refractivity contribution in [2.45, 2.75) is 0 Å². The van der Waals surface area contributed by atoms with Crippen LogP contribution in [0.1, 0.15) is 0 Å². The average molecular weight is 333 g/mol. The summed E-state index contributed by atoms with van der Waals surface area (Å²) in [5.74, 6) is 0. The Morgan fingerprint density at radius 1 is 1.00 bits per heavy atom. The van der Waals surface area contributed by atoms with Crippen LogP contribution in [0.5, 0.6) is 0 Å². The molecule has 0 N–H and O–H groups in total. The normalized spacial score (nSPS) is 0. The summed E-state index contributed by atoms with van der Waals surface area (Å²) in [7, 11) is 0. The molecule has 0 saturated carbocycles. The van der Waals surface area contributed by atoms with E-state index in [1.54, 1.807) is 0 Å². The van der Waals surface area contributed by atoms with Crippen molar-refractivity contribution in [1.29, 1.82) is 0 Å². The Bertz CT molecular complexity index is 8.00. The molecule has 0 aromatic rings. The molecule has 0 aromatic carbocycles. The van der Waals surface area contributed by atoms with E-state index in [2.05, 4.69) is 0 Å². The fourth-order valence-electron chi connectivity index (χ4n) is 0. The zero-order valence-electron chi connectivity index (χ0n) is 1.73. The molecule has 4 radical (unpaired) electrons. The summed E-state index contributed by atoms with van der Waals surface area (Å²) in [6, 6.07) is 0. The molecule has 0 aliphatic heterocycles. The third kappa shape index (κ3) is 8.90. The van der Waals surface area contributed by atoms with Crippen molar-refractivity contribution in [1.82, 2.24) is 0 Å². The van der Waals surface area contributed by atoms with Crippen molar-refractivity contribution in [3.8, 4) is 0 Å². The number of hydrogen-bond donors (Lipinski definition) is 0. The Balaban J connectivity index is 0. The zero-order chi connectivity index (χ0) is 0. The largest absolute Gasteiger partial charge is 0 e. The standard InChI is InChI=1S/Cu.Fe.Ga.Nd. The molecule has 0 fully saturated rings. The van der Waals surface area contributed by atoms with Gasteiger partial charge < -0.3 is 0 Å². The number of rotatable bonds is 0. The molecule has 0 rings (SSSR count). The molecule has 0 amide bonds. The third-order valence-corrected chi connectivity index (χ3v) is 0. The van der Waals surface area contributed by atoms with E-state index in [0.717, 1.165) is 0 Å². The Morgan fingerprint density at radius 3 is 1.00 bits per heavy atom. The van der Waals surface area contributed by atoms with Crippen molar-refractivity contribution in [2.75, 3.05) is 0 Å². The minimum atomic E-state index is 0. The summed E-state index contributed by atoms with van der Waals surface area (Å²) in [5.41, 5.74) is 0. The van der Waals surface area contributed by atoms with Crippen LogP contribution in [0.15, 0.2) is 0 Å². The van der Waals surface area contributed by atoms with Gasteiger partial charge in [-0.2, -0.15) is 0 Å². The van der Waals surface area contributed by atoms with Crippen LogP contribution in [-0.4, -0.2) is 19.8 Å². The van der Waals surface area contributed by atoms with Gasteiger partial charge in [0.25, 0.3) is 0 Å². The van der Waals surface area contributed by atoms with Crippen molar-refractivity contribution in [3.63, 3.8) is 0 Å². The van der Waals surface area contributed by atoms with Crippen LogP contribution in [0, 0.1) is 40.8 Å². The van der Waals surface area contributed by atoms with E-state index in [1.807, 2.05) is 0 Å². The minimum Gasteiger partial charge on any atom is 0 e. The van der Waals surface area contributed by atoms with E-state index in [0.29, 0.717) is 0 Å². The molecule has 0 saturated heterocycles. The summed E-state index contributed by atoms with van der Waals surface area (Å²) in [4.78, 5) is 0. The van der Waals surface area contributed by atoms with Gasteiger partial charge in [0.05, 0.1) is 0 Å². The summed E-state index contributed by atoms with van der Waals surface area (Å²) in [6.45, 7) is 0. The zero-order valence-corrected chi connectivity index (χ0v) is 9.41. The molecule has 0 unspecified atom stereocenters. The third-order valence-electron chi connectivity index (χ3n) is 0. The quantitative estimate of drug-likeness (QED) is 0.530. The van der Waals surface area contributed by atoms with E-state index in [9.17, 15) is 0 Å². The van der Waals surface area contributed by atoms with E-state index >= 15 is 0 Å². The second kappa shape index (κ2) is 16.6. The molecule has 0 aliphatic carbocycles. The van der Waals surface area contributed by atoms with Crippen LogP contribution in [0.3, 0.4) is 0 Å². The molecule has 0 atom stereocenters. The maximum atomic E-state index is 0.